The zero-order chi connectivity index (χ0) is 13.2. The number of hydrogen-bond donors (Lipinski definition) is 1. The molecule has 4 nitrogen and oxygen atoms in total. The average Bonchev–Trinajstić information content (AvgIpc) is 2.66. The molecule has 1 saturated heterocycles. The minimum Gasteiger partial charge on any atom is -0.496 e. The summed E-state index contributed by atoms with van der Waals surface area (Å²) in [7, 11) is -1.24. The largest absolute Gasteiger partial charge is 0.496 e. The number of sulfone groups is 1. The summed E-state index contributed by atoms with van der Waals surface area (Å²) in [4.78, 5) is 0. The maximum atomic E-state index is 11.3. The van der Waals surface area contributed by atoms with Gasteiger partial charge in [0.25, 0.3) is 0 Å². The molecule has 18 heavy (non-hydrogen) atoms. The third kappa shape index (κ3) is 3.37. The van der Waals surface area contributed by atoms with Crippen molar-refractivity contribution in [2.24, 2.45) is 0 Å². The van der Waals surface area contributed by atoms with Crippen molar-refractivity contribution in [1.29, 1.82) is 0 Å². The lowest BCUT2D eigenvalue weighted by atomic mass is 10.2. The quantitative estimate of drug-likeness (QED) is 0.915. The number of benzene rings is 1. The van der Waals surface area contributed by atoms with E-state index in [0.29, 0.717) is 18.0 Å². The Hall–Kier alpha value is -0.780. The predicted molar refractivity (Wildman–Crippen MR) is 71.9 cm³/mol. The molecular weight excluding hydrogens is 274 g/mol. The smallest absolute Gasteiger partial charge is 0.151 e. The number of hydrogen-bond acceptors (Lipinski definition) is 4. The Morgan fingerprint density at radius 2 is 2.28 bits per heavy atom. The van der Waals surface area contributed by atoms with Crippen LogP contribution in [0.3, 0.4) is 0 Å². The van der Waals surface area contributed by atoms with E-state index in [1.54, 1.807) is 13.2 Å². The molecule has 0 radical (unpaired) electrons. The molecule has 6 heteroatoms. The lowest BCUT2D eigenvalue weighted by molar-refractivity contribution is 0.406. The van der Waals surface area contributed by atoms with Crippen molar-refractivity contribution in [3.05, 3.63) is 28.8 Å². The molecule has 1 aromatic rings. The molecule has 100 valence electrons. The van der Waals surface area contributed by atoms with Crippen LogP contribution in [0, 0.1) is 0 Å². The first-order valence-electron chi connectivity index (χ1n) is 5.76. The molecule has 1 aliphatic rings. The Kier molecular flexibility index (Phi) is 4.14. The van der Waals surface area contributed by atoms with Crippen LogP contribution in [0.25, 0.3) is 0 Å². The van der Waals surface area contributed by atoms with Gasteiger partial charge < -0.3 is 10.1 Å². The summed E-state index contributed by atoms with van der Waals surface area (Å²) in [6.45, 7) is 0.559. The summed E-state index contributed by atoms with van der Waals surface area (Å²) in [5, 5.41) is 3.88. The topological polar surface area (TPSA) is 55.4 Å². The second-order valence-corrected chi connectivity index (χ2v) is 7.10. The Labute approximate surface area is 112 Å². The SMILES string of the molecule is COc1ccc(Cl)cc1CN[C@H]1CCS(=O)(=O)C1. The van der Waals surface area contributed by atoms with E-state index in [2.05, 4.69) is 5.32 Å². The van der Waals surface area contributed by atoms with Gasteiger partial charge in [-0.25, -0.2) is 8.42 Å². The number of rotatable bonds is 4. The summed E-state index contributed by atoms with van der Waals surface area (Å²) in [5.74, 6) is 1.25. The Balaban J connectivity index is 2.00. The fraction of sp³-hybridized carbons (Fsp3) is 0.500. The fourth-order valence-electron chi connectivity index (χ4n) is 2.10. The molecule has 1 aliphatic heterocycles. The number of methoxy groups -OCH3 is 1. The maximum absolute atomic E-state index is 11.3. The molecule has 1 aromatic carbocycles. The van der Waals surface area contributed by atoms with Gasteiger partial charge in [0, 0.05) is 23.2 Å². The molecule has 0 aliphatic carbocycles. The summed E-state index contributed by atoms with van der Waals surface area (Å²) in [6, 6.07) is 5.43. The summed E-state index contributed by atoms with van der Waals surface area (Å²) in [6.07, 6.45) is 0.672. The highest BCUT2D eigenvalue weighted by atomic mass is 35.5. The molecule has 0 saturated carbocycles. The van der Waals surface area contributed by atoms with Crippen LogP contribution < -0.4 is 10.1 Å². The van der Waals surface area contributed by atoms with Crippen LogP contribution >= 0.6 is 11.6 Å². The minimum absolute atomic E-state index is 0.0266. The summed E-state index contributed by atoms with van der Waals surface area (Å²) in [5.41, 5.74) is 0.939. The highest BCUT2D eigenvalue weighted by molar-refractivity contribution is 7.91. The number of nitrogens with one attached hydrogen (secondary N) is 1. The van der Waals surface area contributed by atoms with Gasteiger partial charge in [-0.05, 0) is 24.6 Å². The van der Waals surface area contributed by atoms with Gasteiger partial charge in [0.05, 0.1) is 18.6 Å². The van der Waals surface area contributed by atoms with Crippen molar-refractivity contribution in [3.8, 4) is 5.75 Å². The van der Waals surface area contributed by atoms with Gasteiger partial charge in [0.2, 0.25) is 0 Å². The van der Waals surface area contributed by atoms with Crippen molar-refractivity contribution in [1.82, 2.24) is 5.32 Å². The van der Waals surface area contributed by atoms with Crippen LogP contribution in [0.15, 0.2) is 18.2 Å². The van der Waals surface area contributed by atoms with E-state index in [9.17, 15) is 8.42 Å². The summed E-state index contributed by atoms with van der Waals surface area (Å²) >= 11 is 5.94. The molecular formula is C12H16ClNO3S. The summed E-state index contributed by atoms with van der Waals surface area (Å²) < 4.78 is 27.9. The lowest BCUT2D eigenvalue weighted by Crippen LogP contribution is -2.29. The molecule has 1 N–H and O–H groups in total. The van der Waals surface area contributed by atoms with Crippen molar-refractivity contribution >= 4 is 21.4 Å². The zero-order valence-corrected chi connectivity index (χ0v) is 11.7. The van der Waals surface area contributed by atoms with Crippen LogP contribution in [0.1, 0.15) is 12.0 Å². The van der Waals surface area contributed by atoms with Crippen molar-refractivity contribution in [3.63, 3.8) is 0 Å². The van der Waals surface area contributed by atoms with Crippen molar-refractivity contribution in [2.45, 2.75) is 19.0 Å². The van der Waals surface area contributed by atoms with Crippen LogP contribution in [-0.2, 0) is 16.4 Å². The van der Waals surface area contributed by atoms with E-state index in [0.717, 1.165) is 11.3 Å². The van der Waals surface area contributed by atoms with Gasteiger partial charge in [-0.1, -0.05) is 11.6 Å². The molecule has 1 fully saturated rings. The average molecular weight is 290 g/mol. The molecule has 0 unspecified atom stereocenters. The van der Waals surface area contributed by atoms with Crippen LogP contribution in [0.4, 0.5) is 0 Å². The normalized spacial score (nSPS) is 22.0. The Bertz CT molecular complexity index is 530. The standard InChI is InChI=1S/C12H16ClNO3S/c1-17-12-3-2-10(13)6-9(12)7-14-11-4-5-18(15,16)8-11/h2-3,6,11,14H,4-5,7-8H2,1H3/t11-/m0/s1. The van der Waals surface area contributed by atoms with Crippen LogP contribution in [0.2, 0.25) is 5.02 Å². The lowest BCUT2D eigenvalue weighted by Gasteiger charge is -2.13. The van der Waals surface area contributed by atoms with Gasteiger partial charge in [-0.2, -0.15) is 0 Å². The number of ether oxygens (including phenoxy) is 1. The first kappa shape index (κ1) is 13.6. The first-order chi connectivity index (χ1) is 8.50. The third-order valence-electron chi connectivity index (χ3n) is 3.06. The van der Waals surface area contributed by atoms with Crippen LogP contribution in [0.5, 0.6) is 5.75 Å². The maximum Gasteiger partial charge on any atom is 0.151 e. The highest BCUT2D eigenvalue weighted by Gasteiger charge is 2.27. The molecule has 2 rings (SSSR count). The van der Waals surface area contributed by atoms with E-state index in [1.165, 1.54) is 0 Å². The molecule has 1 heterocycles. The van der Waals surface area contributed by atoms with E-state index in [-0.39, 0.29) is 17.5 Å². The van der Waals surface area contributed by atoms with E-state index >= 15 is 0 Å². The van der Waals surface area contributed by atoms with E-state index < -0.39 is 9.84 Å². The van der Waals surface area contributed by atoms with Gasteiger partial charge in [0.1, 0.15) is 5.75 Å². The minimum atomic E-state index is -2.84. The molecule has 0 amide bonds. The predicted octanol–water partition coefficient (Wildman–Crippen LogP) is 1.63. The zero-order valence-electron chi connectivity index (χ0n) is 10.1. The molecule has 0 spiro atoms. The second-order valence-electron chi connectivity index (χ2n) is 4.44. The number of halogens is 1. The van der Waals surface area contributed by atoms with Crippen molar-refractivity contribution < 1.29 is 13.2 Å². The molecule has 0 bridgehead atoms. The Morgan fingerprint density at radius 1 is 1.50 bits per heavy atom. The molecule has 1 atom stereocenters. The Morgan fingerprint density at radius 3 is 2.89 bits per heavy atom. The fourth-order valence-corrected chi connectivity index (χ4v) is 4.00. The van der Waals surface area contributed by atoms with E-state index in [1.807, 2.05) is 12.1 Å². The van der Waals surface area contributed by atoms with Gasteiger partial charge in [-0.3, -0.25) is 0 Å². The van der Waals surface area contributed by atoms with E-state index in [4.69, 9.17) is 16.3 Å². The first-order valence-corrected chi connectivity index (χ1v) is 7.96. The second kappa shape index (κ2) is 5.47. The van der Waals surface area contributed by atoms with Gasteiger partial charge in [0.15, 0.2) is 9.84 Å². The highest BCUT2D eigenvalue weighted by Crippen LogP contribution is 2.23. The molecule has 0 aromatic heterocycles. The van der Waals surface area contributed by atoms with Crippen LogP contribution in [-0.4, -0.2) is 33.1 Å². The monoisotopic (exact) mass is 289 g/mol. The third-order valence-corrected chi connectivity index (χ3v) is 5.06. The van der Waals surface area contributed by atoms with Gasteiger partial charge >= 0.3 is 0 Å². The van der Waals surface area contributed by atoms with Crippen molar-refractivity contribution in [2.75, 3.05) is 18.6 Å². The van der Waals surface area contributed by atoms with Gasteiger partial charge in [-0.15, -0.1) is 0 Å².